The topological polar surface area (TPSA) is 63.6 Å². The summed E-state index contributed by atoms with van der Waals surface area (Å²) < 4.78 is 21.9. The maximum atomic E-state index is 16.5. The van der Waals surface area contributed by atoms with Crippen LogP contribution in [0.1, 0.15) is 71.6 Å². The molecule has 0 aromatic rings. The second-order valence-corrected chi connectivity index (χ2v) is 9.89. The van der Waals surface area contributed by atoms with E-state index in [-0.39, 0.29) is 53.6 Å². The van der Waals surface area contributed by atoms with Gasteiger partial charge >= 0.3 is 5.97 Å². The van der Waals surface area contributed by atoms with Gasteiger partial charge in [-0.25, -0.2) is 4.39 Å². The molecule has 27 heavy (non-hydrogen) atoms. The number of hydrogen-bond acceptors (Lipinski definition) is 4. The molecular formula is C22H33FO4. The third kappa shape index (κ3) is 2.95. The maximum absolute atomic E-state index is 16.5. The van der Waals surface area contributed by atoms with Gasteiger partial charge in [0.15, 0.2) is 5.78 Å². The second-order valence-electron chi connectivity index (χ2n) is 9.89. The first-order valence-corrected chi connectivity index (χ1v) is 10.8. The Hall–Kier alpha value is -0.970. The van der Waals surface area contributed by atoms with Crippen molar-refractivity contribution in [3.8, 4) is 0 Å². The van der Waals surface area contributed by atoms with Gasteiger partial charge in [-0.2, -0.15) is 0 Å². The summed E-state index contributed by atoms with van der Waals surface area (Å²) in [6.45, 7) is 3.23. The van der Waals surface area contributed by atoms with Crippen molar-refractivity contribution in [1.29, 1.82) is 0 Å². The van der Waals surface area contributed by atoms with E-state index in [2.05, 4.69) is 6.92 Å². The van der Waals surface area contributed by atoms with E-state index in [0.29, 0.717) is 12.3 Å². The third-order valence-electron chi connectivity index (χ3n) is 8.83. The zero-order valence-electron chi connectivity index (χ0n) is 16.6. The van der Waals surface area contributed by atoms with E-state index < -0.39 is 5.67 Å². The summed E-state index contributed by atoms with van der Waals surface area (Å²) in [5, 5.41) is 9.37. The fourth-order valence-corrected chi connectivity index (χ4v) is 7.71. The van der Waals surface area contributed by atoms with E-state index in [1.54, 1.807) is 0 Å². The highest BCUT2D eigenvalue weighted by Crippen LogP contribution is 2.66. The van der Waals surface area contributed by atoms with Crippen LogP contribution in [0, 0.1) is 35.0 Å². The number of fused-ring (bicyclic) bond motifs is 5. The molecule has 4 rings (SSSR count). The molecule has 0 aliphatic heterocycles. The minimum atomic E-state index is -1.13. The number of rotatable bonds is 3. The zero-order valence-corrected chi connectivity index (χ0v) is 16.6. The fourth-order valence-electron chi connectivity index (χ4n) is 7.71. The standard InChI is InChI=1S/C22H33FO4/c1-13(25)27-15-4-6-16-14(11-15)3-5-18-17-7-8-19(20(26)12-24)21(17,2)9-10-22(16,18)23/h14-19,24H,3-12H2,1-2H3/t14-,15-,16+,17+,18+,19-,21+,22+/m1/s1. The average molecular weight is 381 g/mol. The lowest BCUT2D eigenvalue weighted by molar-refractivity contribution is -0.169. The van der Waals surface area contributed by atoms with Crippen LogP contribution >= 0.6 is 0 Å². The SMILES string of the molecule is CC(=O)O[C@@H]1CC[C@H]2[C@H](CC[C@H]3[C@@H]4CC[C@H](C(=O)CO)[C@@]4(C)CC[C@]23F)C1. The lowest BCUT2D eigenvalue weighted by atomic mass is 9.48. The van der Waals surface area contributed by atoms with Gasteiger partial charge in [-0.15, -0.1) is 0 Å². The van der Waals surface area contributed by atoms with Crippen molar-refractivity contribution < 1.29 is 23.8 Å². The smallest absolute Gasteiger partial charge is 0.302 e. The lowest BCUT2D eigenvalue weighted by Crippen LogP contribution is -2.58. The molecule has 0 aromatic heterocycles. The van der Waals surface area contributed by atoms with Gasteiger partial charge in [0, 0.05) is 12.8 Å². The van der Waals surface area contributed by atoms with Crippen molar-refractivity contribution >= 4 is 11.8 Å². The summed E-state index contributed by atoms with van der Waals surface area (Å²) in [7, 11) is 0. The number of ether oxygens (including phenoxy) is 1. The highest BCUT2D eigenvalue weighted by Gasteiger charge is 2.64. The summed E-state index contributed by atoms with van der Waals surface area (Å²) in [4.78, 5) is 23.6. The summed E-state index contributed by atoms with van der Waals surface area (Å²) in [6.07, 6.45) is 7.22. The molecule has 0 saturated heterocycles. The quantitative estimate of drug-likeness (QED) is 0.756. The number of alkyl halides is 1. The molecule has 4 fully saturated rings. The number of Topliss-reactive ketones (excluding diaryl/α,β-unsaturated/α-hetero) is 1. The van der Waals surface area contributed by atoms with Crippen LogP contribution in [0.2, 0.25) is 0 Å². The Balaban J connectivity index is 1.53. The highest BCUT2D eigenvalue weighted by molar-refractivity contribution is 5.83. The predicted molar refractivity (Wildman–Crippen MR) is 98.6 cm³/mol. The molecule has 1 N–H and O–H groups in total. The molecule has 4 aliphatic rings. The fraction of sp³-hybridized carbons (Fsp3) is 0.909. The predicted octanol–water partition coefficient (Wildman–Crippen LogP) is 3.84. The summed E-state index contributed by atoms with van der Waals surface area (Å²) in [6, 6.07) is 0. The van der Waals surface area contributed by atoms with Crippen LogP contribution in [-0.4, -0.2) is 35.2 Å². The Morgan fingerprint density at radius 3 is 2.44 bits per heavy atom. The normalized spacial score (nSPS) is 48.9. The van der Waals surface area contributed by atoms with E-state index in [0.717, 1.165) is 51.4 Å². The molecule has 8 atom stereocenters. The molecule has 4 aliphatic carbocycles. The Bertz CT molecular complexity index is 621. The van der Waals surface area contributed by atoms with Crippen LogP contribution < -0.4 is 0 Å². The Morgan fingerprint density at radius 1 is 1.04 bits per heavy atom. The summed E-state index contributed by atoms with van der Waals surface area (Å²) >= 11 is 0. The summed E-state index contributed by atoms with van der Waals surface area (Å²) in [5.41, 5.74) is -1.28. The van der Waals surface area contributed by atoms with Crippen LogP contribution in [0.3, 0.4) is 0 Å². The first-order valence-electron chi connectivity index (χ1n) is 10.8. The van der Waals surface area contributed by atoms with E-state index in [9.17, 15) is 14.7 Å². The average Bonchev–Trinajstić information content (AvgIpc) is 2.97. The Labute approximate surface area is 161 Å². The minimum absolute atomic E-state index is 0.0410. The lowest BCUT2D eigenvalue weighted by Gasteiger charge is -2.59. The van der Waals surface area contributed by atoms with Crippen molar-refractivity contribution in [2.75, 3.05) is 6.61 Å². The van der Waals surface area contributed by atoms with Gasteiger partial charge in [0.25, 0.3) is 0 Å². The molecule has 0 bridgehead atoms. The van der Waals surface area contributed by atoms with Crippen LogP contribution in [0.4, 0.5) is 4.39 Å². The number of aliphatic hydroxyl groups excluding tert-OH is 1. The molecule has 4 saturated carbocycles. The molecule has 0 unspecified atom stereocenters. The number of ketones is 1. The Morgan fingerprint density at radius 2 is 1.74 bits per heavy atom. The molecule has 0 radical (unpaired) electrons. The van der Waals surface area contributed by atoms with Gasteiger partial charge in [-0.05, 0) is 86.9 Å². The number of carbonyl (C=O) groups is 2. The molecule has 0 heterocycles. The number of aliphatic hydroxyl groups is 1. The van der Waals surface area contributed by atoms with Crippen molar-refractivity contribution in [3.63, 3.8) is 0 Å². The third-order valence-corrected chi connectivity index (χ3v) is 8.83. The molecule has 4 nitrogen and oxygen atoms in total. The largest absolute Gasteiger partial charge is 0.463 e. The van der Waals surface area contributed by atoms with Crippen molar-refractivity contribution in [2.24, 2.45) is 35.0 Å². The first kappa shape index (κ1) is 19.4. The second kappa shape index (κ2) is 6.82. The van der Waals surface area contributed by atoms with Gasteiger partial charge in [0.1, 0.15) is 18.4 Å². The van der Waals surface area contributed by atoms with E-state index in [4.69, 9.17) is 4.74 Å². The molecule has 0 aromatic carbocycles. The van der Waals surface area contributed by atoms with Crippen LogP contribution in [0.5, 0.6) is 0 Å². The Kier molecular flexibility index (Phi) is 4.89. The van der Waals surface area contributed by atoms with E-state index >= 15 is 4.39 Å². The highest BCUT2D eigenvalue weighted by atomic mass is 19.1. The van der Waals surface area contributed by atoms with Crippen molar-refractivity contribution in [1.82, 2.24) is 0 Å². The number of carbonyl (C=O) groups excluding carboxylic acids is 2. The van der Waals surface area contributed by atoms with Gasteiger partial charge in [-0.3, -0.25) is 9.59 Å². The van der Waals surface area contributed by atoms with Crippen molar-refractivity contribution in [2.45, 2.75) is 83.4 Å². The van der Waals surface area contributed by atoms with Gasteiger partial charge in [-0.1, -0.05) is 6.92 Å². The van der Waals surface area contributed by atoms with Crippen LogP contribution in [0.25, 0.3) is 0 Å². The monoisotopic (exact) mass is 380 g/mol. The molecule has 0 amide bonds. The zero-order chi connectivity index (χ0) is 19.4. The summed E-state index contributed by atoms with van der Waals surface area (Å²) in [5.74, 6) is 0.283. The van der Waals surface area contributed by atoms with Crippen molar-refractivity contribution in [3.05, 3.63) is 0 Å². The molecule has 152 valence electrons. The number of hydrogen-bond donors (Lipinski definition) is 1. The molecule has 0 spiro atoms. The van der Waals surface area contributed by atoms with Gasteiger partial charge in [0.05, 0.1) is 0 Å². The van der Waals surface area contributed by atoms with Crippen LogP contribution in [-0.2, 0) is 14.3 Å². The molecule has 5 heteroatoms. The van der Waals surface area contributed by atoms with Gasteiger partial charge in [0.2, 0.25) is 0 Å². The maximum Gasteiger partial charge on any atom is 0.302 e. The van der Waals surface area contributed by atoms with E-state index in [1.165, 1.54) is 6.92 Å². The first-order chi connectivity index (χ1) is 12.8. The number of esters is 1. The number of halogens is 1. The van der Waals surface area contributed by atoms with Gasteiger partial charge < -0.3 is 9.84 Å². The van der Waals surface area contributed by atoms with Crippen LogP contribution in [0.15, 0.2) is 0 Å². The van der Waals surface area contributed by atoms with E-state index in [1.807, 2.05) is 0 Å². The molecular weight excluding hydrogens is 347 g/mol. The minimum Gasteiger partial charge on any atom is -0.463 e.